The van der Waals surface area contributed by atoms with Crippen LogP contribution in [-0.2, 0) is 5.41 Å². The normalized spacial score (nSPS) is 13.8. The smallest absolute Gasteiger partial charge is 0.165 e. The Kier molecular flexibility index (Phi) is 8.07. The van der Waals surface area contributed by atoms with Crippen molar-refractivity contribution in [3.8, 4) is 11.5 Å². The molecule has 2 aromatic carbocycles. The van der Waals surface area contributed by atoms with E-state index >= 15 is 0 Å². The van der Waals surface area contributed by atoms with Gasteiger partial charge >= 0.3 is 0 Å². The summed E-state index contributed by atoms with van der Waals surface area (Å²) in [5.74, 6) is 0.144. The number of rotatable bonds is 10. The second kappa shape index (κ2) is 10.1. The van der Waals surface area contributed by atoms with Crippen LogP contribution in [0.2, 0.25) is 0 Å². The van der Waals surface area contributed by atoms with E-state index in [0.29, 0.717) is 5.75 Å². The van der Waals surface area contributed by atoms with Crippen molar-refractivity contribution in [2.75, 3.05) is 25.7 Å². The number of aliphatic hydroxyl groups excluding tert-OH is 3. The zero-order valence-corrected chi connectivity index (χ0v) is 16.7. The molecule has 2 rings (SSSR count). The van der Waals surface area contributed by atoms with E-state index in [4.69, 9.17) is 26.2 Å². The van der Waals surface area contributed by atoms with Gasteiger partial charge < -0.3 is 24.8 Å². The molecule has 1 unspecified atom stereocenters. The second-order valence-electron chi connectivity index (χ2n) is 7.06. The van der Waals surface area contributed by atoms with Crippen LogP contribution in [0.3, 0.4) is 0 Å². The van der Waals surface area contributed by atoms with Gasteiger partial charge in [-0.25, -0.2) is 4.39 Å². The molecule has 0 bridgehead atoms. The molecule has 154 valence electrons. The zero-order chi connectivity index (χ0) is 20.7. The van der Waals surface area contributed by atoms with Crippen LogP contribution in [0.5, 0.6) is 11.5 Å². The number of halogens is 2. The van der Waals surface area contributed by atoms with Gasteiger partial charge in [0, 0.05) is 5.41 Å². The van der Waals surface area contributed by atoms with Crippen molar-refractivity contribution in [3.63, 3.8) is 0 Å². The van der Waals surface area contributed by atoms with Crippen LogP contribution in [0.1, 0.15) is 25.0 Å². The Morgan fingerprint density at radius 2 is 1.57 bits per heavy atom. The van der Waals surface area contributed by atoms with Gasteiger partial charge in [-0.2, -0.15) is 0 Å². The highest BCUT2D eigenvalue weighted by molar-refractivity contribution is 6.18. The van der Waals surface area contributed by atoms with E-state index in [1.807, 2.05) is 26.0 Å². The predicted octanol–water partition coefficient (Wildman–Crippen LogP) is 2.86. The Hall–Kier alpha value is -1.86. The standard InChI is InChI=1S/C21H26ClFO5/c1-21(2,14-3-6-18(7-4-14)27-13-17(26)11-24)15-5-8-20(19(23)9-15)28-12-16(25)10-22/h3-9,16-17,24-26H,10-13H2,1-2H3/t16?,17-/m1/s1. The van der Waals surface area contributed by atoms with Gasteiger partial charge in [0.25, 0.3) is 0 Å². The Balaban J connectivity index is 2.11. The lowest BCUT2D eigenvalue weighted by Gasteiger charge is -2.27. The quantitative estimate of drug-likeness (QED) is 0.523. The molecule has 0 aliphatic rings. The van der Waals surface area contributed by atoms with E-state index in [1.54, 1.807) is 24.3 Å². The Morgan fingerprint density at radius 3 is 2.14 bits per heavy atom. The van der Waals surface area contributed by atoms with E-state index in [0.717, 1.165) is 11.1 Å². The van der Waals surface area contributed by atoms with Gasteiger partial charge in [-0.1, -0.05) is 32.0 Å². The van der Waals surface area contributed by atoms with Crippen molar-refractivity contribution >= 4 is 11.6 Å². The van der Waals surface area contributed by atoms with Crippen molar-refractivity contribution in [1.82, 2.24) is 0 Å². The average molecular weight is 413 g/mol. The molecule has 0 saturated heterocycles. The van der Waals surface area contributed by atoms with E-state index in [1.165, 1.54) is 6.07 Å². The maximum Gasteiger partial charge on any atom is 0.165 e. The zero-order valence-electron chi connectivity index (χ0n) is 15.9. The van der Waals surface area contributed by atoms with E-state index in [2.05, 4.69) is 0 Å². The lowest BCUT2D eigenvalue weighted by Crippen LogP contribution is -2.22. The molecule has 5 nitrogen and oxygen atoms in total. The van der Waals surface area contributed by atoms with E-state index in [-0.39, 0.29) is 31.5 Å². The molecule has 0 spiro atoms. The fourth-order valence-electron chi connectivity index (χ4n) is 2.62. The van der Waals surface area contributed by atoms with Crippen LogP contribution in [-0.4, -0.2) is 53.2 Å². The van der Waals surface area contributed by atoms with E-state index < -0.39 is 23.4 Å². The molecule has 2 atom stereocenters. The number of aliphatic hydroxyl groups is 3. The summed E-state index contributed by atoms with van der Waals surface area (Å²) in [6.45, 7) is 3.52. The first-order valence-corrected chi connectivity index (χ1v) is 9.50. The third-order valence-electron chi connectivity index (χ3n) is 4.49. The van der Waals surface area contributed by atoms with Gasteiger partial charge in [-0.3, -0.25) is 0 Å². The molecule has 2 aromatic rings. The fourth-order valence-corrected chi connectivity index (χ4v) is 2.71. The van der Waals surface area contributed by atoms with Crippen molar-refractivity contribution in [2.45, 2.75) is 31.5 Å². The number of hydrogen-bond acceptors (Lipinski definition) is 5. The maximum absolute atomic E-state index is 14.4. The molecule has 0 saturated carbocycles. The van der Waals surface area contributed by atoms with Crippen LogP contribution in [0.15, 0.2) is 42.5 Å². The molecule has 0 aromatic heterocycles. The summed E-state index contributed by atoms with van der Waals surface area (Å²) >= 11 is 5.51. The first-order chi connectivity index (χ1) is 13.3. The van der Waals surface area contributed by atoms with Gasteiger partial charge in [0.05, 0.1) is 12.5 Å². The Morgan fingerprint density at radius 1 is 0.964 bits per heavy atom. The lowest BCUT2D eigenvalue weighted by molar-refractivity contribution is 0.0536. The van der Waals surface area contributed by atoms with Gasteiger partial charge in [0.15, 0.2) is 11.6 Å². The summed E-state index contributed by atoms with van der Waals surface area (Å²) in [6, 6.07) is 12.0. The van der Waals surface area contributed by atoms with Crippen LogP contribution in [0.25, 0.3) is 0 Å². The van der Waals surface area contributed by atoms with E-state index in [9.17, 15) is 14.6 Å². The van der Waals surface area contributed by atoms with Gasteiger partial charge in [0.2, 0.25) is 0 Å². The monoisotopic (exact) mass is 412 g/mol. The van der Waals surface area contributed by atoms with Crippen molar-refractivity contribution < 1.29 is 29.2 Å². The first-order valence-electron chi connectivity index (χ1n) is 8.97. The van der Waals surface area contributed by atoms with Crippen LogP contribution in [0.4, 0.5) is 4.39 Å². The molecular formula is C21H26ClFO5. The minimum atomic E-state index is -0.926. The average Bonchev–Trinajstić information content (AvgIpc) is 2.70. The summed E-state index contributed by atoms with van der Waals surface area (Å²) in [5.41, 5.74) is 1.24. The minimum absolute atomic E-state index is 0.00429. The maximum atomic E-state index is 14.4. The number of hydrogen-bond donors (Lipinski definition) is 3. The fraction of sp³-hybridized carbons (Fsp3) is 0.429. The van der Waals surface area contributed by atoms with Crippen molar-refractivity contribution in [1.29, 1.82) is 0 Å². The SMILES string of the molecule is CC(C)(c1ccc(OC[C@H](O)CO)cc1)c1ccc(OCC(O)CCl)c(F)c1. The van der Waals surface area contributed by atoms with Gasteiger partial charge in [-0.15, -0.1) is 11.6 Å². The predicted molar refractivity (Wildman–Crippen MR) is 106 cm³/mol. The number of alkyl halides is 1. The number of ether oxygens (including phenoxy) is 2. The molecule has 0 aliphatic carbocycles. The highest BCUT2D eigenvalue weighted by Crippen LogP contribution is 2.34. The minimum Gasteiger partial charge on any atom is -0.491 e. The van der Waals surface area contributed by atoms with Crippen LogP contribution in [0, 0.1) is 5.82 Å². The second-order valence-corrected chi connectivity index (χ2v) is 7.37. The molecule has 0 radical (unpaired) electrons. The third kappa shape index (κ3) is 5.82. The largest absolute Gasteiger partial charge is 0.491 e. The van der Waals surface area contributed by atoms with Crippen molar-refractivity contribution in [3.05, 3.63) is 59.4 Å². The van der Waals surface area contributed by atoms with Crippen LogP contribution < -0.4 is 9.47 Å². The molecule has 28 heavy (non-hydrogen) atoms. The van der Waals surface area contributed by atoms with Crippen LogP contribution >= 0.6 is 11.6 Å². The summed E-state index contributed by atoms with van der Waals surface area (Å²) in [4.78, 5) is 0. The molecule has 0 heterocycles. The number of benzene rings is 2. The molecule has 3 N–H and O–H groups in total. The highest BCUT2D eigenvalue weighted by atomic mass is 35.5. The van der Waals surface area contributed by atoms with Gasteiger partial charge in [-0.05, 0) is 35.4 Å². The summed E-state index contributed by atoms with van der Waals surface area (Å²) in [7, 11) is 0. The summed E-state index contributed by atoms with van der Waals surface area (Å²) in [5, 5.41) is 27.6. The highest BCUT2D eigenvalue weighted by Gasteiger charge is 2.24. The van der Waals surface area contributed by atoms with Crippen molar-refractivity contribution in [2.24, 2.45) is 0 Å². The topological polar surface area (TPSA) is 79.2 Å². The lowest BCUT2D eigenvalue weighted by atomic mass is 9.78. The summed E-state index contributed by atoms with van der Waals surface area (Å²) < 4.78 is 25.1. The molecule has 0 amide bonds. The molecule has 0 aliphatic heterocycles. The van der Waals surface area contributed by atoms with Gasteiger partial charge in [0.1, 0.15) is 31.2 Å². The Bertz CT molecular complexity index is 751. The first kappa shape index (κ1) is 22.4. The molecule has 0 fully saturated rings. The molecule has 7 heteroatoms. The molecular weight excluding hydrogens is 387 g/mol. The third-order valence-corrected chi connectivity index (χ3v) is 4.85. The summed E-state index contributed by atoms with van der Waals surface area (Å²) in [6.07, 6.45) is -1.78. The Labute approximate surface area is 169 Å².